The van der Waals surface area contributed by atoms with Crippen LogP contribution in [-0.2, 0) is 6.42 Å². The van der Waals surface area contributed by atoms with Crippen LogP contribution >= 0.6 is 12.2 Å². The van der Waals surface area contributed by atoms with E-state index < -0.39 is 0 Å². The number of aryl methyl sites for hydroxylation is 1. The molecule has 0 aromatic carbocycles. The molecule has 0 fully saturated rings. The molecule has 1 heterocycles. The van der Waals surface area contributed by atoms with Gasteiger partial charge in [-0.15, -0.1) is 0 Å². The molecular weight excluding hydrogens is 186 g/mol. The van der Waals surface area contributed by atoms with Crippen molar-refractivity contribution in [2.24, 2.45) is 5.73 Å². The van der Waals surface area contributed by atoms with Crippen LogP contribution < -0.4 is 11.6 Å². The standard InChI is InChI=1S/C7H15N5S/c8-5-3-1-2-4-6-10-11-7(13)12(6)9/h1-5,8-9H2,(H,11,13). The van der Waals surface area contributed by atoms with E-state index >= 15 is 0 Å². The summed E-state index contributed by atoms with van der Waals surface area (Å²) >= 11 is 4.88. The Morgan fingerprint density at radius 1 is 1.38 bits per heavy atom. The molecule has 0 radical (unpaired) electrons. The van der Waals surface area contributed by atoms with E-state index in [4.69, 9.17) is 23.8 Å². The van der Waals surface area contributed by atoms with Gasteiger partial charge in [0, 0.05) is 6.42 Å². The van der Waals surface area contributed by atoms with Crippen molar-refractivity contribution >= 4 is 12.2 Å². The first kappa shape index (κ1) is 10.2. The Kier molecular flexibility index (Phi) is 3.91. The predicted octanol–water partition coefficient (Wildman–Crippen LogP) is 0.326. The summed E-state index contributed by atoms with van der Waals surface area (Å²) in [7, 11) is 0. The predicted molar refractivity (Wildman–Crippen MR) is 54.2 cm³/mol. The number of nitrogens with zero attached hydrogens (tertiary/aromatic N) is 2. The first-order valence-electron chi connectivity index (χ1n) is 4.37. The Hall–Kier alpha value is -0.880. The molecule has 0 saturated heterocycles. The molecule has 1 aromatic heterocycles. The van der Waals surface area contributed by atoms with E-state index in [1.807, 2.05) is 0 Å². The highest BCUT2D eigenvalue weighted by Gasteiger charge is 2.01. The second kappa shape index (κ2) is 4.98. The van der Waals surface area contributed by atoms with Crippen molar-refractivity contribution in [1.29, 1.82) is 0 Å². The van der Waals surface area contributed by atoms with Crippen molar-refractivity contribution in [3.63, 3.8) is 0 Å². The Balaban J connectivity index is 2.37. The SMILES string of the molecule is NCCCCCc1n[nH]c(=S)n1N. The molecule has 6 heteroatoms. The fourth-order valence-electron chi connectivity index (χ4n) is 1.12. The molecular formula is C7H15N5S. The lowest BCUT2D eigenvalue weighted by Crippen LogP contribution is -2.12. The van der Waals surface area contributed by atoms with Crippen molar-refractivity contribution < 1.29 is 0 Å². The fourth-order valence-corrected chi connectivity index (χ4v) is 1.27. The minimum absolute atomic E-state index is 0.467. The van der Waals surface area contributed by atoms with Crippen molar-refractivity contribution in [1.82, 2.24) is 14.9 Å². The largest absolute Gasteiger partial charge is 0.335 e. The molecule has 0 bridgehead atoms. The highest BCUT2D eigenvalue weighted by Crippen LogP contribution is 2.01. The van der Waals surface area contributed by atoms with Crippen LogP contribution in [0.15, 0.2) is 0 Å². The van der Waals surface area contributed by atoms with Gasteiger partial charge in [0.25, 0.3) is 0 Å². The monoisotopic (exact) mass is 201 g/mol. The minimum Gasteiger partial charge on any atom is -0.335 e. The topological polar surface area (TPSA) is 85.6 Å². The van der Waals surface area contributed by atoms with Crippen molar-refractivity contribution in [2.75, 3.05) is 12.4 Å². The van der Waals surface area contributed by atoms with Gasteiger partial charge < -0.3 is 11.6 Å². The molecule has 5 N–H and O–H groups in total. The molecule has 0 aliphatic carbocycles. The minimum atomic E-state index is 0.467. The Labute approximate surface area is 82.1 Å². The van der Waals surface area contributed by atoms with Crippen LogP contribution in [0.1, 0.15) is 25.1 Å². The van der Waals surface area contributed by atoms with Gasteiger partial charge in [0.2, 0.25) is 4.77 Å². The summed E-state index contributed by atoms with van der Waals surface area (Å²) in [6, 6.07) is 0. The maximum atomic E-state index is 5.61. The van der Waals surface area contributed by atoms with Gasteiger partial charge in [-0.25, -0.2) is 4.68 Å². The van der Waals surface area contributed by atoms with Crippen LogP contribution in [0.25, 0.3) is 0 Å². The van der Waals surface area contributed by atoms with Crippen molar-refractivity contribution in [3.05, 3.63) is 10.6 Å². The summed E-state index contributed by atoms with van der Waals surface area (Å²) in [4.78, 5) is 0. The molecule has 0 unspecified atom stereocenters. The van der Waals surface area contributed by atoms with E-state index in [-0.39, 0.29) is 0 Å². The number of aromatic nitrogens is 3. The fraction of sp³-hybridized carbons (Fsp3) is 0.714. The highest BCUT2D eigenvalue weighted by molar-refractivity contribution is 7.71. The highest BCUT2D eigenvalue weighted by atomic mass is 32.1. The van der Waals surface area contributed by atoms with Gasteiger partial charge in [-0.05, 0) is 31.6 Å². The summed E-state index contributed by atoms with van der Waals surface area (Å²) in [6.45, 7) is 0.746. The Bertz CT molecular complexity index is 302. The molecule has 1 rings (SSSR count). The summed E-state index contributed by atoms with van der Waals surface area (Å²) in [5.41, 5.74) is 5.37. The number of unbranched alkanes of at least 4 members (excludes halogenated alkanes) is 2. The molecule has 0 spiro atoms. The molecule has 0 aliphatic rings. The average Bonchev–Trinajstić information content (AvgIpc) is 2.43. The molecule has 0 amide bonds. The zero-order chi connectivity index (χ0) is 9.68. The summed E-state index contributed by atoms with van der Waals surface area (Å²) in [5.74, 6) is 6.42. The maximum absolute atomic E-state index is 5.61. The van der Waals surface area contributed by atoms with Crippen molar-refractivity contribution in [3.8, 4) is 0 Å². The van der Waals surface area contributed by atoms with Crippen LogP contribution in [0.4, 0.5) is 0 Å². The van der Waals surface area contributed by atoms with Gasteiger partial charge in [-0.2, -0.15) is 5.10 Å². The van der Waals surface area contributed by atoms with Crippen LogP contribution in [-0.4, -0.2) is 21.4 Å². The number of hydrogen-bond donors (Lipinski definition) is 3. The van der Waals surface area contributed by atoms with E-state index in [0.29, 0.717) is 4.77 Å². The van der Waals surface area contributed by atoms with E-state index in [0.717, 1.165) is 38.1 Å². The number of aromatic amines is 1. The third kappa shape index (κ3) is 2.82. The lowest BCUT2D eigenvalue weighted by molar-refractivity contribution is 0.657. The van der Waals surface area contributed by atoms with Gasteiger partial charge in [0.15, 0.2) is 5.82 Å². The summed E-state index contributed by atoms with van der Waals surface area (Å²) < 4.78 is 1.88. The number of nitrogen functional groups attached to an aromatic ring is 1. The molecule has 0 saturated carbocycles. The van der Waals surface area contributed by atoms with Gasteiger partial charge >= 0.3 is 0 Å². The summed E-state index contributed by atoms with van der Waals surface area (Å²) in [5, 5.41) is 6.65. The zero-order valence-electron chi connectivity index (χ0n) is 7.49. The van der Waals surface area contributed by atoms with E-state index in [1.54, 1.807) is 0 Å². The van der Waals surface area contributed by atoms with Crippen LogP contribution in [0, 0.1) is 4.77 Å². The first-order chi connectivity index (χ1) is 6.25. The molecule has 5 nitrogen and oxygen atoms in total. The first-order valence-corrected chi connectivity index (χ1v) is 4.78. The number of rotatable bonds is 5. The van der Waals surface area contributed by atoms with Gasteiger partial charge in [0.1, 0.15) is 0 Å². The Morgan fingerprint density at radius 2 is 2.15 bits per heavy atom. The number of hydrogen-bond acceptors (Lipinski definition) is 4. The average molecular weight is 201 g/mol. The molecule has 0 atom stereocenters. The quantitative estimate of drug-likeness (QED) is 0.364. The lowest BCUT2D eigenvalue weighted by atomic mass is 10.2. The van der Waals surface area contributed by atoms with E-state index in [9.17, 15) is 0 Å². The third-order valence-corrected chi connectivity index (χ3v) is 2.17. The van der Waals surface area contributed by atoms with Crippen LogP contribution in [0.3, 0.4) is 0 Å². The third-order valence-electron chi connectivity index (χ3n) is 1.88. The molecule has 74 valence electrons. The normalized spacial score (nSPS) is 10.5. The van der Waals surface area contributed by atoms with Gasteiger partial charge in [-0.3, -0.25) is 5.10 Å². The van der Waals surface area contributed by atoms with E-state index in [1.165, 1.54) is 4.68 Å². The number of nitrogens with one attached hydrogen (secondary N) is 1. The van der Waals surface area contributed by atoms with Crippen molar-refractivity contribution in [2.45, 2.75) is 25.7 Å². The van der Waals surface area contributed by atoms with Gasteiger partial charge in [0.05, 0.1) is 0 Å². The Morgan fingerprint density at radius 3 is 2.69 bits per heavy atom. The van der Waals surface area contributed by atoms with Gasteiger partial charge in [-0.1, -0.05) is 6.42 Å². The maximum Gasteiger partial charge on any atom is 0.214 e. The van der Waals surface area contributed by atoms with Crippen LogP contribution in [0.5, 0.6) is 0 Å². The smallest absolute Gasteiger partial charge is 0.214 e. The molecule has 0 aliphatic heterocycles. The zero-order valence-corrected chi connectivity index (χ0v) is 8.31. The van der Waals surface area contributed by atoms with Crippen LogP contribution in [0.2, 0.25) is 0 Å². The lowest BCUT2D eigenvalue weighted by Gasteiger charge is -1.99. The summed E-state index contributed by atoms with van der Waals surface area (Å²) in [6.07, 6.45) is 4.06. The second-order valence-corrected chi connectivity index (χ2v) is 3.30. The van der Waals surface area contributed by atoms with E-state index in [2.05, 4.69) is 10.2 Å². The number of nitrogens with two attached hydrogens (primary N) is 2. The molecule has 1 aromatic rings. The number of H-pyrrole nitrogens is 1. The second-order valence-electron chi connectivity index (χ2n) is 2.91. The molecule has 13 heavy (non-hydrogen) atoms.